The van der Waals surface area contributed by atoms with Crippen LogP contribution in [0.25, 0.3) is 0 Å². The van der Waals surface area contributed by atoms with Gasteiger partial charge in [0, 0.05) is 6.42 Å². The van der Waals surface area contributed by atoms with Crippen molar-refractivity contribution in [3.8, 4) is 0 Å². The largest absolute Gasteiger partial charge is 0.462 e. The van der Waals surface area contributed by atoms with Gasteiger partial charge in [0.25, 0.3) is 0 Å². The molecule has 0 heterocycles. The molecule has 62 heavy (non-hydrogen) atoms. The molecule has 3 unspecified atom stereocenters. The third kappa shape index (κ3) is 42.9. The van der Waals surface area contributed by atoms with Crippen molar-refractivity contribution in [3.63, 3.8) is 0 Å². The van der Waals surface area contributed by atoms with Crippen molar-refractivity contribution in [2.75, 3.05) is 6.61 Å². The Balaban J connectivity index is 4.80. The predicted molar refractivity (Wildman–Crippen MR) is 268 cm³/mol. The first kappa shape index (κ1) is 58.3. The number of nitrogens with one attached hydrogen (secondary N) is 1. The van der Waals surface area contributed by atoms with Crippen LogP contribution < -0.4 is 5.32 Å². The van der Waals surface area contributed by atoms with Gasteiger partial charge in [-0.2, -0.15) is 0 Å². The fraction of sp³-hybridized carbons (Fsp3) is 0.607. The lowest BCUT2D eigenvalue weighted by molar-refractivity contribution is -0.151. The van der Waals surface area contributed by atoms with Gasteiger partial charge in [0.15, 0.2) is 0 Å². The van der Waals surface area contributed by atoms with Crippen molar-refractivity contribution in [2.45, 2.75) is 212 Å². The van der Waals surface area contributed by atoms with E-state index in [0.717, 1.165) is 83.5 Å². The van der Waals surface area contributed by atoms with Crippen LogP contribution in [0.5, 0.6) is 0 Å². The molecular formula is C56H91NO5. The number of esters is 1. The van der Waals surface area contributed by atoms with E-state index in [2.05, 4.69) is 86.8 Å². The van der Waals surface area contributed by atoms with Gasteiger partial charge in [-0.05, 0) is 83.5 Å². The second-order valence-electron chi connectivity index (χ2n) is 16.3. The first-order chi connectivity index (χ1) is 30.5. The molecule has 0 saturated carbocycles. The van der Waals surface area contributed by atoms with Crippen LogP contribution in [-0.4, -0.2) is 46.9 Å². The standard InChI is InChI=1S/C56H91NO5/c1-4-7-10-13-16-19-21-23-25-26-27-28-30-32-34-37-40-43-46-49-56(61)62-52(47-44-41-38-36-33-31-29-24-22-20-17-14-11-8-5-2)50-55(60)57-53(51-58)54(59)48-45-42-39-35-18-15-12-9-6-3/h8,11,14,16-17,19-20,22-25,27-29,31-34,36,38,52-54,58-59H,4-7,9-10,12-13,15,18,21,26,30,35,37,39-51H2,1-3H3,(H,57,60)/b11-8-,17-14+,19-16-,22-20+,25-23-,28-27-,29-24-,33-31+,34-32-,38-36+. The van der Waals surface area contributed by atoms with E-state index in [1.54, 1.807) is 0 Å². The van der Waals surface area contributed by atoms with Crippen molar-refractivity contribution in [2.24, 2.45) is 0 Å². The molecule has 0 aromatic heterocycles. The van der Waals surface area contributed by atoms with Crippen LogP contribution in [0.1, 0.15) is 194 Å². The normalized spacial score (nSPS) is 14.3. The van der Waals surface area contributed by atoms with Crippen LogP contribution in [0.2, 0.25) is 0 Å². The van der Waals surface area contributed by atoms with Gasteiger partial charge in [0.1, 0.15) is 6.10 Å². The maximum Gasteiger partial charge on any atom is 0.306 e. The smallest absolute Gasteiger partial charge is 0.306 e. The number of hydrogen-bond donors (Lipinski definition) is 3. The maximum absolute atomic E-state index is 13.2. The number of carbonyl (C=O) groups excluding carboxylic acids is 2. The molecule has 6 heteroatoms. The average Bonchev–Trinajstić information content (AvgIpc) is 3.26. The SMILES string of the molecule is CC\C=C/C=C/C=C/C=C\C=C\C=C\CCCC(CC(=O)NC(CO)C(O)CCCCCCCCCCC)OC(=O)CCCCC/C=C\C/C=C\C/C=C\C/C=C\CCCCC. The lowest BCUT2D eigenvalue weighted by atomic mass is 10.0. The lowest BCUT2D eigenvalue weighted by Crippen LogP contribution is -2.46. The zero-order valence-corrected chi connectivity index (χ0v) is 39.7. The Kier molecular flexibility index (Phi) is 45.4. The number of rotatable bonds is 42. The highest BCUT2D eigenvalue weighted by atomic mass is 16.5. The molecule has 0 radical (unpaired) electrons. The minimum absolute atomic E-state index is 0.00503. The summed E-state index contributed by atoms with van der Waals surface area (Å²) in [6.07, 6.45) is 66.9. The molecule has 0 bridgehead atoms. The van der Waals surface area contributed by atoms with Crippen LogP contribution >= 0.6 is 0 Å². The maximum atomic E-state index is 13.2. The van der Waals surface area contributed by atoms with E-state index in [9.17, 15) is 19.8 Å². The molecule has 0 aliphatic heterocycles. The van der Waals surface area contributed by atoms with Crippen molar-refractivity contribution in [3.05, 3.63) is 122 Å². The summed E-state index contributed by atoms with van der Waals surface area (Å²) in [5.74, 6) is -0.601. The number of aliphatic hydroxyl groups excluding tert-OH is 2. The first-order valence-electron chi connectivity index (χ1n) is 24.8. The van der Waals surface area contributed by atoms with Crippen LogP contribution in [-0.2, 0) is 14.3 Å². The molecule has 6 nitrogen and oxygen atoms in total. The zero-order valence-electron chi connectivity index (χ0n) is 39.7. The number of hydrogen-bond acceptors (Lipinski definition) is 5. The minimum Gasteiger partial charge on any atom is -0.462 e. The van der Waals surface area contributed by atoms with Gasteiger partial charge in [-0.3, -0.25) is 9.59 Å². The summed E-state index contributed by atoms with van der Waals surface area (Å²) in [6.45, 7) is 6.24. The van der Waals surface area contributed by atoms with E-state index in [1.165, 1.54) is 64.2 Å². The summed E-state index contributed by atoms with van der Waals surface area (Å²) in [5, 5.41) is 23.6. The Labute approximate surface area is 380 Å². The third-order valence-corrected chi connectivity index (χ3v) is 10.4. The van der Waals surface area contributed by atoms with Crippen LogP contribution in [0.4, 0.5) is 0 Å². The minimum atomic E-state index is -0.820. The monoisotopic (exact) mass is 858 g/mol. The van der Waals surface area contributed by atoms with E-state index in [0.29, 0.717) is 19.3 Å². The molecule has 3 atom stereocenters. The number of amides is 1. The predicted octanol–water partition coefficient (Wildman–Crippen LogP) is 14.9. The molecule has 3 N–H and O–H groups in total. The molecular weight excluding hydrogens is 767 g/mol. The molecule has 1 amide bonds. The lowest BCUT2D eigenvalue weighted by Gasteiger charge is -2.24. The highest BCUT2D eigenvalue weighted by Gasteiger charge is 2.24. The molecule has 0 aromatic carbocycles. The van der Waals surface area contributed by atoms with E-state index in [-0.39, 0.29) is 24.9 Å². The summed E-state index contributed by atoms with van der Waals surface area (Å²) in [5.41, 5.74) is 0. The van der Waals surface area contributed by atoms with Gasteiger partial charge in [-0.15, -0.1) is 0 Å². The summed E-state index contributed by atoms with van der Waals surface area (Å²) < 4.78 is 5.87. The first-order valence-corrected chi connectivity index (χ1v) is 24.8. The number of carbonyl (C=O) groups is 2. The second-order valence-corrected chi connectivity index (χ2v) is 16.3. The zero-order chi connectivity index (χ0) is 45.2. The molecule has 0 aromatic rings. The van der Waals surface area contributed by atoms with Gasteiger partial charge in [-0.1, -0.05) is 219 Å². The summed E-state index contributed by atoms with van der Waals surface area (Å²) in [4.78, 5) is 26.1. The summed E-state index contributed by atoms with van der Waals surface area (Å²) >= 11 is 0. The Bertz CT molecular complexity index is 1330. The molecule has 0 spiro atoms. The van der Waals surface area contributed by atoms with E-state index < -0.39 is 18.2 Å². The van der Waals surface area contributed by atoms with Gasteiger partial charge >= 0.3 is 5.97 Å². The third-order valence-electron chi connectivity index (χ3n) is 10.4. The van der Waals surface area contributed by atoms with Crippen LogP contribution in [0.3, 0.4) is 0 Å². The Morgan fingerprint density at radius 2 is 0.952 bits per heavy atom. The molecule has 0 rings (SSSR count). The number of allylic oxidation sites excluding steroid dienone is 20. The number of unbranched alkanes of at least 4 members (excludes halogenated alkanes) is 15. The van der Waals surface area contributed by atoms with Crippen LogP contribution in [0, 0.1) is 0 Å². The van der Waals surface area contributed by atoms with Crippen molar-refractivity contribution >= 4 is 11.9 Å². The topological polar surface area (TPSA) is 95.9 Å². The molecule has 0 aliphatic carbocycles. The molecule has 0 saturated heterocycles. The van der Waals surface area contributed by atoms with Crippen molar-refractivity contribution in [1.29, 1.82) is 0 Å². The highest BCUT2D eigenvalue weighted by Crippen LogP contribution is 2.16. The van der Waals surface area contributed by atoms with Gasteiger partial charge in [0.05, 0.1) is 25.2 Å². The van der Waals surface area contributed by atoms with Crippen molar-refractivity contribution < 1.29 is 24.5 Å². The Morgan fingerprint density at radius 3 is 1.50 bits per heavy atom. The van der Waals surface area contributed by atoms with E-state index in [1.807, 2.05) is 60.8 Å². The van der Waals surface area contributed by atoms with Gasteiger partial charge in [-0.25, -0.2) is 0 Å². The number of ether oxygens (including phenoxy) is 1. The van der Waals surface area contributed by atoms with Crippen molar-refractivity contribution in [1.82, 2.24) is 5.32 Å². The van der Waals surface area contributed by atoms with Gasteiger partial charge in [0.2, 0.25) is 5.91 Å². The van der Waals surface area contributed by atoms with Crippen LogP contribution in [0.15, 0.2) is 122 Å². The van der Waals surface area contributed by atoms with E-state index in [4.69, 9.17) is 4.74 Å². The second kappa shape index (κ2) is 48.3. The highest BCUT2D eigenvalue weighted by molar-refractivity contribution is 5.77. The molecule has 350 valence electrons. The average molecular weight is 858 g/mol. The molecule has 0 aliphatic rings. The van der Waals surface area contributed by atoms with E-state index >= 15 is 0 Å². The summed E-state index contributed by atoms with van der Waals surface area (Å²) in [7, 11) is 0. The van der Waals surface area contributed by atoms with Gasteiger partial charge < -0.3 is 20.3 Å². The Morgan fingerprint density at radius 1 is 0.500 bits per heavy atom. The Hall–Kier alpha value is -3.74. The molecule has 0 fully saturated rings. The summed E-state index contributed by atoms with van der Waals surface area (Å²) in [6, 6.07) is -0.740. The number of aliphatic hydroxyl groups is 2. The fourth-order valence-electron chi connectivity index (χ4n) is 6.68. The fourth-order valence-corrected chi connectivity index (χ4v) is 6.68. The quantitative estimate of drug-likeness (QED) is 0.0246.